The van der Waals surface area contributed by atoms with Crippen molar-refractivity contribution in [3.63, 3.8) is 0 Å². The number of rotatable bonds is 2. The Morgan fingerprint density at radius 1 is 1.09 bits per heavy atom. The second-order valence-electron chi connectivity index (χ2n) is 5.53. The molecule has 0 amide bonds. The summed E-state index contributed by atoms with van der Waals surface area (Å²) in [6, 6.07) is 14.6. The molecule has 1 atom stereocenters. The molecule has 2 aliphatic heterocycles. The van der Waals surface area contributed by atoms with Gasteiger partial charge in [0.2, 0.25) is 0 Å². The van der Waals surface area contributed by atoms with Crippen LogP contribution in [0.5, 0.6) is 5.75 Å². The van der Waals surface area contributed by atoms with E-state index in [1.165, 1.54) is 5.56 Å². The van der Waals surface area contributed by atoms with Crippen LogP contribution in [0.4, 0.5) is 0 Å². The molecule has 4 nitrogen and oxygen atoms in total. The predicted octanol–water partition coefficient (Wildman–Crippen LogP) is 2.97. The molecule has 1 unspecified atom stereocenters. The first kappa shape index (κ1) is 13.6. The van der Waals surface area contributed by atoms with E-state index < -0.39 is 5.54 Å². The molecule has 22 heavy (non-hydrogen) atoms. The lowest BCUT2D eigenvalue weighted by molar-refractivity contribution is 0.278. The molecule has 5 heteroatoms. The minimum atomic E-state index is -0.592. The minimum Gasteiger partial charge on any atom is -0.493 e. The highest BCUT2D eigenvalue weighted by Gasteiger charge is 2.40. The third-order valence-electron chi connectivity index (χ3n) is 4.20. The second kappa shape index (κ2) is 5.02. The van der Waals surface area contributed by atoms with Gasteiger partial charge in [0.25, 0.3) is 6.02 Å². The van der Waals surface area contributed by atoms with Crippen molar-refractivity contribution in [2.24, 2.45) is 10.7 Å². The van der Waals surface area contributed by atoms with Crippen molar-refractivity contribution >= 4 is 22.0 Å². The maximum absolute atomic E-state index is 5.83. The van der Waals surface area contributed by atoms with Crippen molar-refractivity contribution in [1.82, 2.24) is 0 Å². The molecular weight excluding hydrogens is 344 g/mol. The molecule has 0 aromatic heterocycles. The average molecular weight is 359 g/mol. The standard InChI is InChI=1S/C17H15BrN2O2/c18-14-3-1-2-12(9-14)17(10-22-16(19)20-17)13-4-5-15-11(8-13)6-7-21-15/h1-5,8-9H,6-7,10H2,(H2,19,20). The largest absolute Gasteiger partial charge is 0.493 e. The molecule has 0 bridgehead atoms. The number of nitrogens with zero attached hydrogens (tertiary/aromatic N) is 1. The van der Waals surface area contributed by atoms with E-state index in [1.807, 2.05) is 18.2 Å². The van der Waals surface area contributed by atoms with Crippen molar-refractivity contribution < 1.29 is 9.47 Å². The average Bonchev–Trinajstić information content (AvgIpc) is 3.13. The van der Waals surface area contributed by atoms with Gasteiger partial charge in [-0.25, -0.2) is 4.99 Å². The number of hydrogen-bond donors (Lipinski definition) is 1. The van der Waals surface area contributed by atoms with E-state index in [4.69, 9.17) is 15.2 Å². The van der Waals surface area contributed by atoms with E-state index in [-0.39, 0.29) is 6.02 Å². The Kier molecular flexibility index (Phi) is 3.11. The fourth-order valence-corrected chi connectivity index (χ4v) is 3.48. The van der Waals surface area contributed by atoms with Gasteiger partial charge in [-0.3, -0.25) is 0 Å². The first-order chi connectivity index (χ1) is 10.7. The summed E-state index contributed by atoms with van der Waals surface area (Å²) in [4.78, 5) is 4.64. The Balaban J connectivity index is 1.89. The number of nitrogens with two attached hydrogens (primary N) is 1. The molecule has 0 spiro atoms. The molecule has 0 saturated carbocycles. The first-order valence-electron chi connectivity index (χ1n) is 7.18. The van der Waals surface area contributed by atoms with Gasteiger partial charge in [0.15, 0.2) is 5.54 Å². The molecule has 2 aliphatic rings. The summed E-state index contributed by atoms with van der Waals surface area (Å²) in [5.41, 5.74) is 8.59. The van der Waals surface area contributed by atoms with Crippen LogP contribution in [0.3, 0.4) is 0 Å². The fraction of sp³-hybridized carbons (Fsp3) is 0.235. The fourth-order valence-electron chi connectivity index (χ4n) is 3.08. The van der Waals surface area contributed by atoms with Crippen LogP contribution in [0.25, 0.3) is 0 Å². The molecule has 2 heterocycles. The van der Waals surface area contributed by atoms with Gasteiger partial charge in [0, 0.05) is 10.9 Å². The van der Waals surface area contributed by atoms with E-state index in [9.17, 15) is 0 Å². The third-order valence-corrected chi connectivity index (χ3v) is 4.69. The first-order valence-corrected chi connectivity index (χ1v) is 7.97. The number of hydrogen-bond acceptors (Lipinski definition) is 4. The number of fused-ring (bicyclic) bond motifs is 1. The molecule has 0 radical (unpaired) electrons. The lowest BCUT2D eigenvalue weighted by Gasteiger charge is -2.26. The summed E-state index contributed by atoms with van der Waals surface area (Å²) in [5, 5.41) is 0. The van der Waals surface area contributed by atoms with Crippen LogP contribution >= 0.6 is 15.9 Å². The molecule has 0 fully saturated rings. The molecular formula is C17H15BrN2O2. The number of benzene rings is 2. The van der Waals surface area contributed by atoms with Gasteiger partial charge < -0.3 is 15.2 Å². The maximum Gasteiger partial charge on any atom is 0.283 e. The summed E-state index contributed by atoms with van der Waals surface area (Å²) in [7, 11) is 0. The lowest BCUT2D eigenvalue weighted by Crippen LogP contribution is -2.27. The van der Waals surface area contributed by atoms with Crippen LogP contribution in [0.2, 0.25) is 0 Å². The predicted molar refractivity (Wildman–Crippen MR) is 88.1 cm³/mol. The van der Waals surface area contributed by atoms with E-state index in [0.29, 0.717) is 6.61 Å². The molecule has 2 aromatic rings. The van der Waals surface area contributed by atoms with Gasteiger partial charge in [-0.05, 0) is 41.0 Å². The molecule has 4 rings (SSSR count). The third kappa shape index (κ3) is 2.08. The summed E-state index contributed by atoms with van der Waals surface area (Å²) in [6.45, 7) is 1.15. The van der Waals surface area contributed by atoms with E-state index in [0.717, 1.165) is 34.4 Å². The molecule has 2 aromatic carbocycles. The van der Waals surface area contributed by atoms with Crippen LogP contribution in [0.15, 0.2) is 51.9 Å². The summed E-state index contributed by atoms with van der Waals surface area (Å²) < 4.78 is 12.1. The van der Waals surface area contributed by atoms with Gasteiger partial charge in [-0.1, -0.05) is 34.1 Å². The van der Waals surface area contributed by atoms with Crippen molar-refractivity contribution in [2.45, 2.75) is 12.0 Å². The molecule has 112 valence electrons. The van der Waals surface area contributed by atoms with Gasteiger partial charge in [0.1, 0.15) is 12.4 Å². The lowest BCUT2D eigenvalue weighted by atomic mass is 9.83. The zero-order chi connectivity index (χ0) is 15.2. The topological polar surface area (TPSA) is 56.8 Å². The van der Waals surface area contributed by atoms with E-state index >= 15 is 0 Å². The monoisotopic (exact) mass is 358 g/mol. The Bertz CT molecular complexity index is 775. The molecule has 2 N–H and O–H groups in total. The van der Waals surface area contributed by atoms with Crippen molar-refractivity contribution in [3.8, 4) is 5.75 Å². The number of halogens is 1. The summed E-state index contributed by atoms with van der Waals surface area (Å²) in [6.07, 6.45) is 0.928. The number of ether oxygens (including phenoxy) is 2. The Morgan fingerprint density at radius 2 is 1.95 bits per heavy atom. The van der Waals surface area contributed by atoms with Crippen LogP contribution in [-0.2, 0) is 16.7 Å². The zero-order valence-electron chi connectivity index (χ0n) is 11.9. The number of amidine groups is 1. The zero-order valence-corrected chi connectivity index (χ0v) is 13.5. The van der Waals surface area contributed by atoms with Crippen molar-refractivity contribution in [1.29, 1.82) is 0 Å². The van der Waals surface area contributed by atoms with Crippen molar-refractivity contribution in [2.75, 3.05) is 13.2 Å². The van der Waals surface area contributed by atoms with Crippen LogP contribution < -0.4 is 10.5 Å². The van der Waals surface area contributed by atoms with Gasteiger partial charge in [-0.2, -0.15) is 0 Å². The highest BCUT2D eigenvalue weighted by molar-refractivity contribution is 9.10. The van der Waals surface area contributed by atoms with E-state index in [1.54, 1.807) is 0 Å². The van der Waals surface area contributed by atoms with E-state index in [2.05, 4.69) is 45.2 Å². The molecule has 0 aliphatic carbocycles. The Labute approximate surface area is 137 Å². The van der Waals surface area contributed by atoms with Gasteiger partial charge in [0.05, 0.1) is 6.61 Å². The Morgan fingerprint density at radius 3 is 2.73 bits per heavy atom. The number of aliphatic imine (C=N–C) groups is 1. The summed E-state index contributed by atoms with van der Waals surface area (Å²) in [5.74, 6) is 0.962. The highest BCUT2D eigenvalue weighted by Crippen LogP contribution is 2.40. The minimum absolute atomic E-state index is 0.233. The van der Waals surface area contributed by atoms with Gasteiger partial charge in [-0.15, -0.1) is 0 Å². The summed E-state index contributed by atoms with van der Waals surface area (Å²) >= 11 is 3.53. The van der Waals surface area contributed by atoms with Crippen LogP contribution in [0.1, 0.15) is 16.7 Å². The van der Waals surface area contributed by atoms with Gasteiger partial charge >= 0.3 is 0 Å². The van der Waals surface area contributed by atoms with Crippen LogP contribution in [0, 0.1) is 0 Å². The molecule has 0 saturated heterocycles. The van der Waals surface area contributed by atoms with Crippen molar-refractivity contribution in [3.05, 3.63) is 63.6 Å². The Hall–Kier alpha value is -2.01. The SMILES string of the molecule is NC1=NC(c2cccc(Br)c2)(c2ccc3c(c2)CCO3)CO1. The quantitative estimate of drug-likeness (QED) is 0.897. The second-order valence-corrected chi connectivity index (χ2v) is 6.45. The van der Waals surface area contributed by atoms with Crippen LogP contribution in [-0.4, -0.2) is 19.2 Å². The smallest absolute Gasteiger partial charge is 0.283 e. The normalized spacial score (nSPS) is 22.7. The highest BCUT2D eigenvalue weighted by atomic mass is 79.9. The maximum atomic E-state index is 5.83.